The molecule has 0 aliphatic heterocycles. The predicted molar refractivity (Wildman–Crippen MR) is 79.9 cm³/mol. The Morgan fingerprint density at radius 1 is 0.900 bits per heavy atom. The van der Waals surface area contributed by atoms with Gasteiger partial charge in [0.15, 0.2) is 11.4 Å². The van der Waals surface area contributed by atoms with E-state index in [0.717, 1.165) is 28.1 Å². The van der Waals surface area contributed by atoms with Crippen LogP contribution >= 0.6 is 0 Å². The number of nitrogens with zero attached hydrogens (tertiary/aromatic N) is 2. The van der Waals surface area contributed by atoms with Gasteiger partial charge in [0.2, 0.25) is 6.33 Å². The van der Waals surface area contributed by atoms with E-state index >= 15 is 0 Å². The third-order valence-corrected chi connectivity index (χ3v) is 3.41. The van der Waals surface area contributed by atoms with E-state index in [1.54, 1.807) is 6.33 Å². The maximum atomic E-state index is 12.3. The molecule has 0 spiro atoms. The zero-order chi connectivity index (χ0) is 13.9. The molecule has 1 aromatic heterocycles. The molecule has 1 heterocycles. The Balaban J connectivity index is 2.27. The van der Waals surface area contributed by atoms with Gasteiger partial charge in [-0.2, -0.15) is 0 Å². The first-order valence-corrected chi connectivity index (χ1v) is 6.74. The zero-order valence-corrected chi connectivity index (χ0v) is 11.4. The van der Waals surface area contributed by atoms with Crippen molar-refractivity contribution in [1.29, 1.82) is 0 Å². The molecule has 0 saturated carbocycles. The molecule has 0 unspecified atom stereocenters. The van der Waals surface area contributed by atoms with Gasteiger partial charge < -0.3 is 5.21 Å². The molecule has 0 aliphatic carbocycles. The first-order valence-electron chi connectivity index (χ1n) is 6.74. The van der Waals surface area contributed by atoms with E-state index in [9.17, 15) is 5.21 Å². The first kappa shape index (κ1) is 12.5. The lowest BCUT2D eigenvalue weighted by Gasteiger charge is -2.06. The molecule has 0 amide bonds. The highest BCUT2D eigenvalue weighted by Gasteiger charge is 2.22. The second-order valence-corrected chi connectivity index (χ2v) is 4.66. The molecule has 0 aliphatic rings. The summed E-state index contributed by atoms with van der Waals surface area (Å²) in [5, 5.41) is 12.3. The van der Waals surface area contributed by atoms with Crippen LogP contribution < -0.4 is 4.73 Å². The zero-order valence-electron chi connectivity index (χ0n) is 11.4. The van der Waals surface area contributed by atoms with Gasteiger partial charge in [-0.05, 0) is 6.92 Å². The van der Waals surface area contributed by atoms with Crippen molar-refractivity contribution in [2.45, 2.75) is 13.5 Å². The third-order valence-electron chi connectivity index (χ3n) is 3.41. The van der Waals surface area contributed by atoms with Crippen LogP contribution in [-0.2, 0) is 6.54 Å². The van der Waals surface area contributed by atoms with Crippen molar-refractivity contribution in [2.75, 3.05) is 0 Å². The number of benzene rings is 2. The summed E-state index contributed by atoms with van der Waals surface area (Å²) in [6.07, 6.45) is 1.62. The smallest absolute Gasteiger partial charge is 0.247 e. The van der Waals surface area contributed by atoms with Gasteiger partial charge in [-0.25, -0.2) is 9.30 Å². The summed E-state index contributed by atoms with van der Waals surface area (Å²) in [5.41, 5.74) is 3.67. The molecule has 0 bridgehead atoms. The normalized spacial score (nSPS) is 10.7. The van der Waals surface area contributed by atoms with Crippen LogP contribution in [0.1, 0.15) is 6.92 Å². The Kier molecular flexibility index (Phi) is 3.25. The molecular weight excluding hydrogens is 248 g/mol. The van der Waals surface area contributed by atoms with Crippen molar-refractivity contribution in [3.05, 3.63) is 72.2 Å². The van der Waals surface area contributed by atoms with Gasteiger partial charge in [-0.1, -0.05) is 60.7 Å². The Bertz CT molecular complexity index is 703. The van der Waals surface area contributed by atoms with Crippen LogP contribution in [0.3, 0.4) is 0 Å². The molecule has 2 aromatic carbocycles. The average Bonchev–Trinajstić information content (AvgIpc) is 2.85. The van der Waals surface area contributed by atoms with Crippen LogP contribution in [0, 0.1) is 5.21 Å². The van der Waals surface area contributed by atoms with Crippen molar-refractivity contribution >= 4 is 0 Å². The van der Waals surface area contributed by atoms with Crippen molar-refractivity contribution in [3.8, 4) is 22.5 Å². The largest absolute Gasteiger partial charge is 0.710 e. The predicted octanol–water partition coefficient (Wildman–Crippen LogP) is 3.48. The number of aryl methyl sites for hydroxylation is 1. The van der Waals surface area contributed by atoms with Crippen LogP contribution in [-0.4, -0.2) is 4.57 Å². The minimum atomic E-state index is 0.707. The summed E-state index contributed by atoms with van der Waals surface area (Å²) >= 11 is 0. The number of imidazole rings is 1. The van der Waals surface area contributed by atoms with Crippen molar-refractivity contribution in [3.63, 3.8) is 0 Å². The fraction of sp³-hybridized carbons (Fsp3) is 0.118. The maximum absolute atomic E-state index is 12.3. The van der Waals surface area contributed by atoms with Gasteiger partial charge in [0.1, 0.15) is 0 Å². The highest BCUT2D eigenvalue weighted by molar-refractivity contribution is 5.76. The first-order chi connectivity index (χ1) is 9.81. The fourth-order valence-electron chi connectivity index (χ4n) is 2.48. The Labute approximate surface area is 118 Å². The molecule has 3 nitrogen and oxygen atoms in total. The van der Waals surface area contributed by atoms with Crippen molar-refractivity contribution in [2.24, 2.45) is 0 Å². The van der Waals surface area contributed by atoms with E-state index in [4.69, 9.17) is 0 Å². The number of aromatic nitrogens is 2. The van der Waals surface area contributed by atoms with E-state index in [1.165, 1.54) is 0 Å². The monoisotopic (exact) mass is 264 g/mol. The van der Waals surface area contributed by atoms with E-state index in [0.29, 0.717) is 5.69 Å². The van der Waals surface area contributed by atoms with Crippen LogP contribution in [0.5, 0.6) is 0 Å². The maximum Gasteiger partial charge on any atom is 0.247 e. The lowest BCUT2D eigenvalue weighted by atomic mass is 10.0. The van der Waals surface area contributed by atoms with Gasteiger partial charge in [-0.3, -0.25) is 0 Å². The van der Waals surface area contributed by atoms with Gasteiger partial charge >= 0.3 is 0 Å². The summed E-state index contributed by atoms with van der Waals surface area (Å²) in [6, 6.07) is 19.8. The lowest BCUT2D eigenvalue weighted by molar-refractivity contribution is -0.593. The quantitative estimate of drug-likeness (QED) is 0.526. The molecule has 100 valence electrons. The molecular formula is C17H16N2O. The number of rotatable bonds is 3. The SMILES string of the molecule is CCn1c[n+]([O-])c(-c2ccccc2)c1-c1ccccc1. The molecule has 0 fully saturated rings. The summed E-state index contributed by atoms with van der Waals surface area (Å²) in [5.74, 6) is 0. The number of hydrogen-bond donors (Lipinski definition) is 0. The van der Waals surface area contributed by atoms with Crippen molar-refractivity contribution < 1.29 is 4.73 Å². The van der Waals surface area contributed by atoms with Crippen LogP contribution in [0.4, 0.5) is 0 Å². The van der Waals surface area contributed by atoms with Gasteiger partial charge in [0.05, 0.1) is 6.54 Å². The molecule has 3 heteroatoms. The number of hydrogen-bond acceptors (Lipinski definition) is 1. The molecule has 3 rings (SSSR count). The van der Waals surface area contributed by atoms with E-state index in [-0.39, 0.29) is 0 Å². The summed E-state index contributed by atoms with van der Waals surface area (Å²) in [7, 11) is 0. The molecule has 3 aromatic rings. The highest BCUT2D eigenvalue weighted by atomic mass is 16.5. The topological polar surface area (TPSA) is 31.9 Å². The molecule has 0 saturated heterocycles. The second kappa shape index (κ2) is 5.21. The fourth-order valence-corrected chi connectivity index (χ4v) is 2.48. The third kappa shape index (κ3) is 2.07. The molecule has 0 atom stereocenters. The van der Waals surface area contributed by atoms with E-state index < -0.39 is 0 Å². The highest BCUT2D eigenvalue weighted by Crippen LogP contribution is 2.29. The van der Waals surface area contributed by atoms with Crippen LogP contribution in [0.15, 0.2) is 67.0 Å². The summed E-state index contributed by atoms with van der Waals surface area (Å²) in [6.45, 7) is 2.81. The molecule has 0 N–H and O–H groups in total. The molecule has 0 radical (unpaired) electrons. The lowest BCUT2D eigenvalue weighted by Crippen LogP contribution is -2.25. The minimum absolute atomic E-state index is 0.707. The summed E-state index contributed by atoms with van der Waals surface area (Å²) in [4.78, 5) is 0. The van der Waals surface area contributed by atoms with Crippen LogP contribution in [0.25, 0.3) is 22.5 Å². The van der Waals surface area contributed by atoms with Gasteiger partial charge in [0, 0.05) is 11.1 Å². The second-order valence-electron chi connectivity index (χ2n) is 4.66. The van der Waals surface area contributed by atoms with E-state index in [2.05, 4.69) is 0 Å². The summed E-state index contributed by atoms with van der Waals surface area (Å²) < 4.78 is 2.95. The van der Waals surface area contributed by atoms with Crippen molar-refractivity contribution in [1.82, 2.24) is 4.57 Å². The van der Waals surface area contributed by atoms with Gasteiger partial charge in [0.25, 0.3) is 0 Å². The molecule has 20 heavy (non-hydrogen) atoms. The Morgan fingerprint density at radius 2 is 1.45 bits per heavy atom. The van der Waals surface area contributed by atoms with Gasteiger partial charge in [-0.15, -0.1) is 0 Å². The minimum Gasteiger partial charge on any atom is -0.710 e. The Morgan fingerprint density at radius 3 is 2.00 bits per heavy atom. The van der Waals surface area contributed by atoms with E-state index in [1.807, 2.05) is 72.2 Å². The van der Waals surface area contributed by atoms with Crippen LogP contribution in [0.2, 0.25) is 0 Å². The average molecular weight is 264 g/mol. The standard InChI is InChI=1S/C17H16N2O/c1-2-18-13-19(20)17(15-11-7-4-8-12-15)16(18)14-9-5-3-6-10-14/h3-13H,2H2,1H3. The Hall–Kier alpha value is -2.55.